The fourth-order valence-electron chi connectivity index (χ4n) is 3.35. The van der Waals surface area contributed by atoms with Gasteiger partial charge in [-0.3, -0.25) is 4.57 Å². The summed E-state index contributed by atoms with van der Waals surface area (Å²) < 4.78 is 1.68. The molecule has 0 atom stereocenters. The number of aryl methyl sites for hydroxylation is 1. The van der Waals surface area contributed by atoms with E-state index in [1.807, 2.05) is 30.6 Å². The second kappa shape index (κ2) is 14.7. The highest BCUT2D eigenvalue weighted by Crippen LogP contribution is 2.11. The molecule has 0 aliphatic rings. The van der Waals surface area contributed by atoms with E-state index in [-0.39, 0.29) is 5.69 Å². The number of aromatic nitrogens is 3. The van der Waals surface area contributed by atoms with E-state index in [0.29, 0.717) is 24.7 Å². The molecule has 178 valence electrons. The van der Waals surface area contributed by atoms with Crippen molar-refractivity contribution in [3.63, 3.8) is 0 Å². The number of nitrogens with one attached hydrogen (secondary N) is 2. The predicted molar refractivity (Wildman–Crippen MR) is 132 cm³/mol. The highest BCUT2D eigenvalue weighted by molar-refractivity contribution is 5.50. The van der Waals surface area contributed by atoms with Gasteiger partial charge in [-0.25, -0.2) is 9.78 Å². The Morgan fingerprint density at radius 1 is 1.12 bits per heavy atom. The molecule has 2 rings (SSSR count). The van der Waals surface area contributed by atoms with Crippen LogP contribution in [0.5, 0.6) is 0 Å². The van der Waals surface area contributed by atoms with Gasteiger partial charge in [0.05, 0.1) is 0 Å². The lowest BCUT2D eigenvalue weighted by molar-refractivity contribution is 0.263. The van der Waals surface area contributed by atoms with Gasteiger partial charge in [0, 0.05) is 25.5 Å². The van der Waals surface area contributed by atoms with Gasteiger partial charge in [0.2, 0.25) is 0 Å². The van der Waals surface area contributed by atoms with Gasteiger partial charge in [-0.2, -0.15) is 4.98 Å². The Morgan fingerprint density at radius 2 is 1.97 bits per heavy atom. The Hall–Kier alpha value is -2.29. The lowest BCUT2D eigenvalue weighted by atomic mass is 10.1. The summed E-state index contributed by atoms with van der Waals surface area (Å²) in [7, 11) is 0. The lowest BCUT2D eigenvalue weighted by Crippen LogP contribution is -2.27. The highest BCUT2D eigenvalue weighted by Gasteiger charge is 2.05. The first-order valence-corrected chi connectivity index (χ1v) is 11.9. The van der Waals surface area contributed by atoms with Crippen LogP contribution in [0.3, 0.4) is 0 Å². The van der Waals surface area contributed by atoms with E-state index >= 15 is 0 Å². The van der Waals surface area contributed by atoms with E-state index < -0.39 is 0 Å². The average Bonchev–Trinajstić information content (AvgIpc) is 2.78. The third-order valence-electron chi connectivity index (χ3n) is 5.44. The molecule has 0 saturated heterocycles. The molecule has 0 saturated carbocycles. The number of pyridine rings is 1. The van der Waals surface area contributed by atoms with E-state index in [2.05, 4.69) is 46.3 Å². The van der Waals surface area contributed by atoms with Crippen LogP contribution >= 0.6 is 0 Å². The number of unbranched alkanes of at least 4 members (excludes halogenated alkanes) is 1. The molecular formula is C24H41N7O. The van der Waals surface area contributed by atoms with Crippen LogP contribution < -0.4 is 22.1 Å². The summed E-state index contributed by atoms with van der Waals surface area (Å²) in [5.74, 6) is 1.91. The Kier molecular flexibility index (Phi) is 11.9. The first kappa shape index (κ1) is 26.0. The zero-order valence-electron chi connectivity index (χ0n) is 20.0. The van der Waals surface area contributed by atoms with Crippen molar-refractivity contribution in [1.29, 1.82) is 0 Å². The van der Waals surface area contributed by atoms with Crippen LogP contribution in [0.15, 0.2) is 35.4 Å². The maximum Gasteiger partial charge on any atom is 0.349 e. The Labute approximate surface area is 192 Å². The summed E-state index contributed by atoms with van der Waals surface area (Å²) in [4.78, 5) is 23.4. The fraction of sp³-hybridized carbons (Fsp3) is 0.625. The smallest absolute Gasteiger partial charge is 0.330 e. The van der Waals surface area contributed by atoms with Gasteiger partial charge < -0.3 is 21.3 Å². The largest absolute Gasteiger partial charge is 0.349 e. The van der Waals surface area contributed by atoms with E-state index in [1.54, 1.807) is 4.57 Å². The van der Waals surface area contributed by atoms with Crippen LogP contribution in [0, 0.1) is 5.92 Å². The standard InChI is InChI=1S/C24H41N7O/c1-4-30(16-10-20(2)3)14-5-6-15-31-17-11-23(29-24(31)32)28-22-9-8-21(19-27-22)18-26-13-7-12-25/h8-9,11,17,19-20,26H,4-7,10,12-16,18,25H2,1-3H3,(H,27,28,29,32). The normalized spacial score (nSPS) is 11.4. The molecule has 0 fully saturated rings. The van der Waals surface area contributed by atoms with E-state index in [9.17, 15) is 4.79 Å². The zero-order valence-corrected chi connectivity index (χ0v) is 20.0. The maximum absolute atomic E-state index is 12.4. The summed E-state index contributed by atoms with van der Waals surface area (Å²) in [6.07, 6.45) is 7.86. The molecular weight excluding hydrogens is 402 g/mol. The Bertz CT molecular complexity index is 820. The molecule has 8 nitrogen and oxygen atoms in total. The van der Waals surface area contributed by atoms with Gasteiger partial charge >= 0.3 is 5.69 Å². The van der Waals surface area contributed by atoms with E-state index in [4.69, 9.17) is 5.73 Å². The number of nitrogens with two attached hydrogens (primary N) is 1. The Balaban J connectivity index is 1.77. The molecule has 2 heterocycles. The predicted octanol–water partition coefficient (Wildman–Crippen LogP) is 2.97. The molecule has 0 bridgehead atoms. The summed E-state index contributed by atoms with van der Waals surface area (Å²) in [6, 6.07) is 5.73. The number of hydrogen-bond acceptors (Lipinski definition) is 7. The molecule has 0 aliphatic heterocycles. The summed E-state index contributed by atoms with van der Waals surface area (Å²) in [6.45, 7) is 13.1. The second-order valence-electron chi connectivity index (χ2n) is 8.61. The van der Waals surface area contributed by atoms with Gasteiger partial charge in [0.15, 0.2) is 0 Å². The summed E-state index contributed by atoms with van der Waals surface area (Å²) >= 11 is 0. The van der Waals surface area contributed by atoms with Crippen molar-refractivity contribution in [2.24, 2.45) is 11.7 Å². The van der Waals surface area contributed by atoms with Crippen LogP contribution in [0.1, 0.15) is 52.0 Å². The van der Waals surface area contributed by atoms with Crippen molar-refractivity contribution >= 4 is 11.6 Å². The lowest BCUT2D eigenvalue weighted by Gasteiger charge is -2.21. The first-order chi connectivity index (χ1) is 15.5. The fourth-order valence-corrected chi connectivity index (χ4v) is 3.35. The van der Waals surface area contributed by atoms with Crippen LogP contribution in [0.4, 0.5) is 11.6 Å². The molecule has 8 heteroatoms. The van der Waals surface area contributed by atoms with Crippen molar-refractivity contribution in [3.8, 4) is 0 Å². The third kappa shape index (κ3) is 9.89. The molecule has 0 aliphatic carbocycles. The monoisotopic (exact) mass is 443 g/mol. The van der Waals surface area contributed by atoms with E-state index in [1.165, 1.54) is 6.42 Å². The molecule has 4 N–H and O–H groups in total. The minimum absolute atomic E-state index is 0.233. The number of anilines is 2. The summed E-state index contributed by atoms with van der Waals surface area (Å²) in [5.41, 5.74) is 6.36. The van der Waals surface area contributed by atoms with Crippen molar-refractivity contribution in [2.75, 3.05) is 38.0 Å². The van der Waals surface area contributed by atoms with Crippen LogP contribution in [-0.4, -0.2) is 52.2 Å². The average molecular weight is 444 g/mol. The molecule has 2 aromatic heterocycles. The van der Waals surface area contributed by atoms with Gasteiger partial charge in [-0.15, -0.1) is 0 Å². The molecule has 0 unspecified atom stereocenters. The SMILES string of the molecule is CCN(CCCCn1ccc(Nc2ccc(CNCCCN)cn2)nc1=O)CCC(C)C. The third-order valence-corrected chi connectivity index (χ3v) is 5.44. The highest BCUT2D eigenvalue weighted by atomic mass is 16.1. The Morgan fingerprint density at radius 3 is 2.62 bits per heavy atom. The van der Waals surface area contributed by atoms with E-state index in [0.717, 1.165) is 63.5 Å². The number of nitrogens with zero attached hydrogens (tertiary/aromatic N) is 4. The van der Waals surface area contributed by atoms with Crippen LogP contribution in [-0.2, 0) is 13.1 Å². The van der Waals surface area contributed by atoms with Gasteiger partial charge in [-0.1, -0.05) is 26.8 Å². The molecule has 0 aromatic carbocycles. The second-order valence-corrected chi connectivity index (χ2v) is 8.61. The topological polar surface area (TPSA) is 101 Å². The number of hydrogen-bond donors (Lipinski definition) is 3. The number of rotatable bonds is 16. The molecule has 32 heavy (non-hydrogen) atoms. The quantitative estimate of drug-likeness (QED) is 0.343. The van der Waals surface area contributed by atoms with Crippen LogP contribution in [0.2, 0.25) is 0 Å². The minimum Gasteiger partial charge on any atom is -0.330 e. The van der Waals surface area contributed by atoms with Crippen molar-refractivity contribution < 1.29 is 0 Å². The van der Waals surface area contributed by atoms with Crippen molar-refractivity contribution in [2.45, 2.75) is 59.5 Å². The zero-order chi connectivity index (χ0) is 23.2. The van der Waals surface area contributed by atoms with Gasteiger partial charge in [0.1, 0.15) is 11.6 Å². The molecule has 0 radical (unpaired) electrons. The summed E-state index contributed by atoms with van der Waals surface area (Å²) in [5, 5.41) is 6.44. The van der Waals surface area contributed by atoms with Gasteiger partial charge in [0.25, 0.3) is 0 Å². The first-order valence-electron chi connectivity index (χ1n) is 11.9. The maximum atomic E-state index is 12.4. The van der Waals surface area contributed by atoms with Crippen LogP contribution in [0.25, 0.3) is 0 Å². The molecule has 0 amide bonds. The molecule has 0 spiro atoms. The van der Waals surface area contributed by atoms with Gasteiger partial charge in [-0.05, 0) is 82.0 Å². The van der Waals surface area contributed by atoms with Crippen molar-refractivity contribution in [3.05, 3.63) is 46.6 Å². The molecule has 2 aromatic rings. The van der Waals surface area contributed by atoms with Crippen molar-refractivity contribution in [1.82, 2.24) is 24.8 Å². The minimum atomic E-state index is -0.233.